The van der Waals surface area contributed by atoms with Crippen LogP contribution >= 0.6 is 0 Å². The molecule has 4 fully saturated rings. The average molecular weight is 381 g/mol. The van der Waals surface area contributed by atoms with Crippen molar-refractivity contribution < 1.29 is 29.3 Å². The van der Waals surface area contributed by atoms with Crippen molar-refractivity contribution >= 4 is 17.9 Å². The summed E-state index contributed by atoms with van der Waals surface area (Å²) in [5.74, 6) is -0.273. The number of fused-ring (bicyclic) bond motifs is 1. The number of carboxylic acid groups (broad SMARTS) is 1. The molecule has 2 N–H and O–H groups in total. The van der Waals surface area contributed by atoms with Crippen molar-refractivity contribution in [2.45, 2.75) is 63.4 Å². The number of carbonyl (C=O) groups is 3. The second kappa shape index (κ2) is 6.63. The second-order valence-corrected chi connectivity index (χ2v) is 8.30. The fraction of sp³-hybridized carbons (Fsp3) is 0.833. The number of ether oxygens (including phenoxy) is 1. The van der Waals surface area contributed by atoms with Crippen LogP contribution in [-0.2, 0) is 14.3 Å². The molecular formula is C18H27N3O6. The summed E-state index contributed by atoms with van der Waals surface area (Å²) in [6.45, 7) is 3.11. The maximum Gasteiger partial charge on any atom is 0.408 e. The third-order valence-corrected chi connectivity index (χ3v) is 6.78. The first-order chi connectivity index (χ1) is 12.8. The molecular weight excluding hydrogens is 354 g/mol. The Kier molecular flexibility index (Phi) is 4.54. The molecule has 1 aliphatic carbocycles. The van der Waals surface area contributed by atoms with E-state index in [2.05, 4.69) is 0 Å². The van der Waals surface area contributed by atoms with Gasteiger partial charge in [-0.15, -0.1) is 0 Å². The van der Waals surface area contributed by atoms with Gasteiger partial charge in [0.25, 0.3) is 0 Å². The van der Waals surface area contributed by atoms with Crippen molar-refractivity contribution in [1.29, 1.82) is 0 Å². The molecule has 0 aromatic rings. The highest BCUT2D eigenvalue weighted by molar-refractivity contribution is 5.87. The summed E-state index contributed by atoms with van der Waals surface area (Å²) in [7, 11) is 0. The largest absolute Gasteiger partial charge is 0.465 e. The zero-order chi connectivity index (χ0) is 19.3. The molecule has 1 spiro atoms. The van der Waals surface area contributed by atoms with Crippen LogP contribution in [0.3, 0.4) is 0 Å². The highest BCUT2D eigenvalue weighted by Crippen LogP contribution is 2.53. The number of aliphatic hydroxyl groups excluding tert-OH is 1. The standard InChI is InChI=1S/C18H27N3O6/c1-11-16(24)21-12(10-27-15(21)9-20(11)17(25)26)2-3-14(23)19-7-6-18(4-5-18)13(22)8-19/h11-13,15,22H,2-10H2,1H3,(H,25,26)/t11-,12-,13?,15+/m0/s1. The lowest BCUT2D eigenvalue weighted by atomic mass is 9.90. The summed E-state index contributed by atoms with van der Waals surface area (Å²) in [6, 6.07) is -0.958. The summed E-state index contributed by atoms with van der Waals surface area (Å²) in [5, 5.41) is 19.5. The first kappa shape index (κ1) is 18.5. The van der Waals surface area contributed by atoms with Gasteiger partial charge in [-0.2, -0.15) is 0 Å². The molecule has 0 aromatic carbocycles. The second-order valence-electron chi connectivity index (χ2n) is 8.30. The number of β-amino-alcohol motifs (C(OH)–C–C–N with tert-alkyl or cyclic N) is 1. The lowest BCUT2D eigenvalue weighted by molar-refractivity contribution is -0.152. The van der Waals surface area contributed by atoms with Crippen molar-refractivity contribution in [3.05, 3.63) is 0 Å². The monoisotopic (exact) mass is 381 g/mol. The molecule has 1 saturated carbocycles. The number of carbonyl (C=O) groups excluding carboxylic acids is 2. The average Bonchev–Trinajstić information content (AvgIpc) is 3.30. The molecule has 3 amide bonds. The van der Waals surface area contributed by atoms with Crippen LogP contribution in [0, 0.1) is 5.41 Å². The van der Waals surface area contributed by atoms with Crippen molar-refractivity contribution in [1.82, 2.24) is 14.7 Å². The number of rotatable bonds is 3. The van der Waals surface area contributed by atoms with Gasteiger partial charge in [0.2, 0.25) is 11.8 Å². The van der Waals surface area contributed by atoms with Crippen LogP contribution in [0.2, 0.25) is 0 Å². The number of hydrogen-bond donors (Lipinski definition) is 2. The van der Waals surface area contributed by atoms with E-state index in [-0.39, 0.29) is 29.8 Å². The van der Waals surface area contributed by atoms with Crippen LogP contribution < -0.4 is 0 Å². The van der Waals surface area contributed by atoms with Crippen molar-refractivity contribution in [3.63, 3.8) is 0 Å². The minimum absolute atomic E-state index is 0.00216. The molecule has 27 heavy (non-hydrogen) atoms. The zero-order valence-electron chi connectivity index (χ0n) is 15.5. The van der Waals surface area contributed by atoms with E-state index in [4.69, 9.17) is 4.74 Å². The van der Waals surface area contributed by atoms with Crippen molar-refractivity contribution in [2.75, 3.05) is 26.2 Å². The van der Waals surface area contributed by atoms with E-state index in [1.807, 2.05) is 0 Å². The van der Waals surface area contributed by atoms with Crippen LogP contribution in [0.4, 0.5) is 4.79 Å². The van der Waals surface area contributed by atoms with Gasteiger partial charge >= 0.3 is 6.09 Å². The third-order valence-electron chi connectivity index (χ3n) is 6.78. The van der Waals surface area contributed by atoms with Crippen LogP contribution in [0.1, 0.15) is 39.0 Å². The Bertz CT molecular complexity index is 651. The smallest absolute Gasteiger partial charge is 0.408 e. The third kappa shape index (κ3) is 3.16. The SMILES string of the molecule is C[C@H]1C(=O)N2[C@@H](CCC(=O)N3CCC4(CC4)C(O)C3)CO[C@@H]2CN1C(=O)O. The highest BCUT2D eigenvalue weighted by atomic mass is 16.5. The molecule has 3 saturated heterocycles. The maximum absolute atomic E-state index is 12.6. The Morgan fingerprint density at radius 3 is 2.63 bits per heavy atom. The van der Waals surface area contributed by atoms with E-state index in [9.17, 15) is 24.6 Å². The first-order valence-corrected chi connectivity index (χ1v) is 9.71. The molecule has 4 rings (SSSR count). The zero-order valence-corrected chi connectivity index (χ0v) is 15.5. The Labute approximate surface area is 157 Å². The molecule has 0 radical (unpaired) electrons. The molecule has 4 atom stereocenters. The number of hydrogen-bond acceptors (Lipinski definition) is 5. The predicted molar refractivity (Wildman–Crippen MR) is 92.7 cm³/mol. The van der Waals surface area contributed by atoms with Crippen LogP contribution in [-0.4, -0.2) is 93.5 Å². The Hall–Kier alpha value is -1.87. The van der Waals surface area contributed by atoms with Gasteiger partial charge in [0, 0.05) is 19.5 Å². The first-order valence-electron chi connectivity index (χ1n) is 9.71. The number of piperidine rings is 1. The summed E-state index contributed by atoms with van der Waals surface area (Å²) in [4.78, 5) is 40.9. The number of aliphatic hydroxyl groups is 1. The Morgan fingerprint density at radius 1 is 1.26 bits per heavy atom. The lowest BCUT2D eigenvalue weighted by Gasteiger charge is -2.41. The topological polar surface area (TPSA) is 111 Å². The molecule has 1 unspecified atom stereocenters. The summed E-state index contributed by atoms with van der Waals surface area (Å²) >= 11 is 0. The van der Waals surface area contributed by atoms with Gasteiger partial charge in [-0.25, -0.2) is 4.79 Å². The van der Waals surface area contributed by atoms with Gasteiger partial charge in [0.15, 0.2) is 6.23 Å². The van der Waals surface area contributed by atoms with Gasteiger partial charge in [-0.05, 0) is 38.0 Å². The summed E-state index contributed by atoms with van der Waals surface area (Å²) in [6.07, 6.45) is 1.62. The van der Waals surface area contributed by atoms with E-state index in [1.54, 1.807) is 16.7 Å². The quantitative estimate of drug-likeness (QED) is 0.716. The molecule has 3 aliphatic heterocycles. The molecule has 3 heterocycles. The Balaban J connectivity index is 1.32. The van der Waals surface area contributed by atoms with E-state index < -0.39 is 24.5 Å². The lowest BCUT2D eigenvalue weighted by Crippen LogP contribution is -2.61. The summed E-state index contributed by atoms with van der Waals surface area (Å²) < 4.78 is 5.63. The van der Waals surface area contributed by atoms with E-state index >= 15 is 0 Å². The molecule has 0 aromatic heterocycles. The number of amides is 3. The van der Waals surface area contributed by atoms with E-state index in [0.29, 0.717) is 32.5 Å². The highest BCUT2D eigenvalue weighted by Gasteiger charge is 2.52. The maximum atomic E-state index is 12.6. The summed E-state index contributed by atoms with van der Waals surface area (Å²) in [5.41, 5.74) is 0.0651. The minimum atomic E-state index is -1.13. The van der Waals surface area contributed by atoms with Crippen molar-refractivity contribution in [2.24, 2.45) is 5.41 Å². The van der Waals surface area contributed by atoms with Gasteiger partial charge in [0.05, 0.1) is 25.3 Å². The van der Waals surface area contributed by atoms with Gasteiger partial charge in [0.1, 0.15) is 6.04 Å². The molecule has 4 aliphatic rings. The number of likely N-dealkylation sites (tertiary alicyclic amines) is 1. The molecule has 150 valence electrons. The normalized spacial score (nSPS) is 34.7. The van der Waals surface area contributed by atoms with Gasteiger partial charge < -0.3 is 24.7 Å². The molecule has 0 bridgehead atoms. The fourth-order valence-electron chi connectivity index (χ4n) is 4.66. The van der Waals surface area contributed by atoms with Gasteiger partial charge in [-0.3, -0.25) is 14.5 Å². The fourth-order valence-corrected chi connectivity index (χ4v) is 4.66. The molecule has 9 nitrogen and oxygen atoms in total. The Morgan fingerprint density at radius 2 is 2.00 bits per heavy atom. The van der Waals surface area contributed by atoms with E-state index in [0.717, 1.165) is 24.2 Å². The number of piperazine rings is 1. The van der Waals surface area contributed by atoms with Gasteiger partial charge in [-0.1, -0.05) is 0 Å². The predicted octanol–water partition coefficient (Wildman–Crippen LogP) is 0.0756. The van der Waals surface area contributed by atoms with Crippen LogP contribution in [0.15, 0.2) is 0 Å². The minimum Gasteiger partial charge on any atom is -0.465 e. The molecule has 9 heteroatoms. The van der Waals surface area contributed by atoms with E-state index in [1.165, 1.54) is 0 Å². The van der Waals surface area contributed by atoms with Crippen LogP contribution in [0.5, 0.6) is 0 Å². The number of nitrogens with zero attached hydrogens (tertiary/aromatic N) is 3. The van der Waals surface area contributed by atoms with Crippen molar-refractivity contribution in [3.8, 4) is 0 Å². The van der Waals surface area contributed by atoms with Crippen LogP contribution in [0.25, 0.3) is 0 Å².